The SMILES string of the molecule is CC1CN(C(=O)C2(CO)CCOCC2)CCN1c1ccc(F)cn1. The number of anilines is 1. The molecule has 0 aliphatic carbocycles. The molecular formula is C17H24FN3O3. The van der Waals surface area contributed by atoms with Crippen LogP contribution < -0.4 is 4.90 Å². The monoisotopic (exact) mass is 337 g/mol. The van der Waals surface area contributed by atoms with Crippen LogP contribution in [0.2, 0.25) is 0 Å². The number of amides is 1. The maximum absolute atomic E-state index is 13.0. The van der Waals surface area contributed by atoms with E-state index in [2.05, 4.69) is 9.88 Å². The second-order valence-corrected chi connectivity index (χ2v) is 6.68. The summed E-state index contributed by atoms with van der Waals surface area (Å²) in [5, 5.41) is 9.81. The first kappa shape index (κ1) is 17.1. The number of pyridine rings is 1. The molecule has 1 N–H and O–H groups in total. The highest BCUT2D eigenvalue weighted by atomic mass is 19.1. The van der Waals surface area contributed by atoms with Crippen LogP contribution in [-0.2, 0) is 9.53 Å². The third-order valence-corrected chi connectivity index (χ3v) is 5.13. The highest BCUT2D eigenvalue weighted by Gasteiger charge is 2.43. The molecule has 7 heteroatoms. The Kier molecular flexibility index (Phi) is 5.01. The number of hydrogen-bond acceptors (Lipinski definition) is 5. The number of carbonyl (C=O) groups is 1. The zero-order valence-corrected chi connectivity index (χ0v) is 13.9. The van der Waals surface area contributed by atoms with Gasteiger partial charge in [0.05, 0.1) is 18.2 Å². The van der Waals surface area contributed by atoms with Gasteiger partial charge in [-0.15, -0.1) is 0 Å². The lowest BCUT2D eigenvalue weighted by atomic mass is 9.79. The van der Waals surface area contributed by atoms with Gasteiger partial charge in [-0.25, -0.2) is 9.37 Å². The standard InChI is InChI=1S/C17H24FN3O3/c1-13-11-20(16(23)17(12-22)4-8-24-9-5-17)6-7-21(13)15-3-2-14(18)10-19-15/h2-3,10,13,22H,4-9,11-12H2,1H3. The van der Waals surface area contributed by atoms with E-state index < -0.39 is 5.41 Å². The number of aromatic nitrogens is 1. The molecule has 1 atom stereocenters. The topological polar surface area (TPSA) is 65.9 Å². The molecule has 6 nitrogen and oxygen atoms in total. The lowest BCUT2D eigenvalue weighted by molar-refractivity contribution is -0.152. The van der Waals surface area contributed by atoms with E-state index in [0.29, 0.717) is 45.7 Å². The molecule has 0 saturated carbocycles. The molecule has 3 rings (SSSR count). The number of hydrogen-bond donors (Lipinski definition) is 1. The fraction of sp³-hybridized carbons (Fsp3) is 0.647. The summed E-state index contributed by atoms with van der Waals surface area (Å²) in [5.74, 6) is 0.385. The molecule has 2 aliphatic heterocycles. The van der Waals surface area contributed by atoms with Crippen molar-refractivity contribution in [3.05, 3.63) is 24.1 Å². The molecule has 0 aromatic carbocycles. The Bertz CT molecular complexity index is 575. The maximum atomic E-state index is 13.0. The van der Waals surface area contributed by atoms with Crippen molar-refractivity contribution >= 4 is 11.7 Å². The highest BCUT2D eigenvalue weighted by Crippen LogP contribution is 2.33. The molecule has 2 aliphatic rings. The van der Waals surface area contributed by atoms with E-state index in [9.17, 15) is 14.3 Å². The van der Waals surface area contributed by atoms with E-state index in [4.69, 9.17) is 4.74 Å². The van der Waals surface area contributed by atoms with Gasteiger partial charge in [-0.2, -0.15) is 0 Å². The van der Waals surface area contributed by atoms with Crippen LogP contribution in [0, 0.1) is 11.2 Å². The second kappa shape index (κ2) is 7.03. The molecule has 1 amide bonds. The molecule has 132 valence electrons. The first-order valence-corrected chi connectivity index (χ1v) is 8.42. The smallest absolute Gasteiger partial charge is 0.231 e. The molecule has 3 heterocycles. The van der Waals surface area contributed by atoms with E-state index in [-0.39, 0.29) is 24.4 Å². The van der Waals surface area contributed by atoms with Crippen molar-refractivity contribution in [3.63, 3.8) is 0 Å². The normalized spacial score (nSPS) is 24.0. The van der Waals surface area contributed by atoms with Crippen molar-refractivity contribution in [2.45, 2.75) is 25.8 Å². The summed E-state index contributed by atoms with van der Waals surface area (Å²) in [7, 11) is 0. The van der Waals surface area contributed by atoms with E-state index in [0.717, 1.165) is 5.82 Å². The Morgan fingerprint density at radius 1 is 1.42 bits per heavy atom. The van der Waals surface area contributed by atoms with Crippen LogP contribution in [0.4, 0.5) is 10.2 Å². The van der Waals surface area contributed by atoms with Crippen LogP contribution in [0.5, 0.6) is 0 Å². The van der Waals surface area contributed by atoms with Crippen LogP contribution in [-0.4, -0.2) is 66.4 Å². The third kappa shape index (κ3) is 3.23. The molecule has 1 aromatic rings. The minimum Gasteiger partial charge on any atom is -0.395 e. The van der Waals surface area contributed by atoms with Crippen LogP contribution in [0.15, 0.2) is 18.3 Å². The maximum Gasteiger partial charge on any atom is 0.231 e. The predicted molar refractivity (Wildman–Crippen MR) is 87.2 cm³/mol. The second-order valence-electron chi connectivity index (χ2n) is 6.68. The summed E-state index contributed by atoms with van der Waals surface area (Å²) in [6, 6.07) is 3.14. The van der Waals surface area contributed by atoms with Gasteiger partial charge < -0.3 is 19.6 Å². The van der Waals surface area contributed by atoms with Gasteiger partial charge in [-0.3, -0.25) is 4.79 Å². The molecular weight excluding hydrogens is 313 g/mol. The summed E-state index contributed by atoms with van der Waals surface area (Å²) >= 11 is 0. The Labute approximate surface area is 141 Å². The van der Waals surface area contributed by atoms with Crippen molar-refractivity contribution in [2.75, 3.05) is 44.4 Å². The Hall–Kier alpha value is -1.73. The Morgan fingerprint density at radius 2 is 2.17 bits per heavy atom. The van der Waals surface area contributed by atoms with Gasteiger partial charge in [-0.1, -0.05) is 0 Å². The molecule has 1 unspecified atom stereocenters. The lowest BCUT2D eigenvalue weighted by Crippen LogP contribution is -2.58. The van der Waals surface area contributed by atoms with Crippen molar-refractivity contribution in [3.8, 4) is 0 Å². The minimum atomic E-state index is -0.700. The quantitative estimate of drug-likeness (QED) is 0.893. The molecule has 2 saturated heterocycles. The number of ether oxygens (including phenoxy) is 1. The molecule has 0 bridgehead atoms. The van der Waals surface area contributed by atoms with Gasteiger partial charge in [0.25, 0.3) is 0 Å². The minimum absolute atomic E-state index is 0.0202. The van der Waals surface area contributed by atoms with Gasteiger partial charge in [-0.05, 0) is 31.9 Å². The number of halogens is 1. The van der Waals surface area contributed by atoms with Crippen LogP contribution in [0.3, 0.4) is 0 Å². The largest absolute Gasteiger partial charge is 0.395 e. The summed E-state index contributed by atoms with van der Waals surface area (Å²) < 4.78 is 18.4. The number of nitrogens with zero attached hydrogens (tertiary/aromatic N) is 3. The van der Waals surface area contributed by atoms with E-state index >= 15 is 0 Å². The van der Waals surface area contributed by atoms with Crippen LogP contribution in [0.25, 0.3) is 0 Å². The van der Waals surface area contributed by atoms with Crippen molar-refractivity contribution in [2.24, 2.45) is 5.41 Å². The number of aliphatic hydroxyl groups excluding tert-OH is 1. The predicted octanol–water partition coefficient (Wildman–Crippen LogP) is 1.05. The first-order chi connectivity index (χ1) is 11.6. The first-order valence-electron chi connectivity index (χ1n) is 8.42. The van der Waals surface area contributed by atoms with Crippen LogP contribution >= 0.6 is 0 Å². The van der Waals surface area contributed by atoms with E-state index in [1.165, 1.54) is 12.3 Å². The summed E-state index contributed by atoms with van der Waals surface area (Å²) in [5.41, 5.74) is -0.700. The van der Waals surface area contributed by atoms with Gasteiger partial charge in [0, 0.05) is 38.9 Å². The fourth-order valence-corrected chi connectivity index (χ4v) is 3.56. The number of aliphatic hydroxyl groups is 1. The number of rotatable bonds is 3. The summed E-state index contributed by atoms with van der Waals surface area (Å²) in [4.78, 5) is 21.0. The number of piperazine rings is 1. The van der Waals surface area contributed by atoms with E-state index in [1.807, 2.05) is 11.8 Å². The lowest BCUT2D eigenvalue weighted by Gasteiger charge is -2.45. The van der Waals surface area contributed by atoms with Crippen molar-refractivity contribution in [1.29, 1.82) is 0 Å². The van der Waals surface area contributed by atoms with E-state index in [1.54, 1.807) is 6.07 Å². The van der Waals surface area contributed by atoms with Gasteiger partial charge in [0.15, 0.2) is 0 Å². The third-order valence-electron chi connectivity index (χ3n) is 5.13. The average molecular weight is 337 g/mol. The summed E-state index contributed by atoms with van der Waals surface area (Å²) in [6.07, 6.45) is 2.34. The summed E-state index contributed by atoms with van der Waals surface area (Å²) in [6.45, 7) is 4.71. The molecule has 1 aromatic heterocycles. The van der Waals surface area contributed by atoms with Crippen LogP contribution in [0.1, 0.15) is 19.8 Å². The molecule has 0 spiro atoms. The zero-order chi connectivity index (χ0) is 17.2. The zero-order valence-electron chi connectivity index (χ0n) is 13.9. The highest BCUT2D eigenvalue weighted by molar-refractivity contribution is 5.83. The average Bonchev–Trinajstić information content (AvgIpc) is 2.62. The molecule has 24 heavy (non-hydrogen) atoms. The van der Waals surface area contributed by atoms with Crippen molar-refractivity contribution in [1.82, 2.24) is 9.88 Å². The Morgan fingerprint density at radius 3 is 2.75 bits per heavy atom. The van der Waals surface area contributed by atoms with Gasteiger partial charge >= 0.3 is 0 Å². The molecule has 0 radical (unpaired) electrons. The fourth-order valence-electron chi connectivity index (χ4n) is 3.56. The van der Waals surface area contributed by atoms with Gasteiger partial charge in [0.2, 0.25) is 5.91 Å². The Balaban J connectivity index is 1.68. The number of carbonyl (C=O) groups excluding carboxylic acids is 1. The van der Waals surface area contributed by atoms with Gasteiger partial charge in [0.1, 0.15) is 11.6 Å². The van der Waals surface area contributed by atoms with Crippen molar-refractivity contribution < 1.29 is 19.0 Å². The molecule has 2 fully saturated rings.